The van der Waals surface area contributed by atoms with Crippen molar-refractivity contribution in [2.45, 2.75) is 33.2 Å². The molecule has 0 saturated carbocycles. The highest BCUT2D eigenvalue weighted by Gasteiger charge is 2.05. The van der Waals surface area contributed by atoms with Gasteiger partial charge >= 0.3 is 0 Å². The maximum Gasteiger partial charge on any atom is 0.130 e. The van der Waals surface area contributed by atoms with E-state index in [1.807, 2.05) is 25.1 Å². The van der Waals surface area contributed by atoms with Crippen LogP contribution in [-0.2, 0) is 0 Å². The van der Waals surface area contributed by atoms with Crippen molar-refractivity contribution in [2.75, 3.05) is 6.54 Å². The normalized spacial score (nSPS) is 12.3. The van der Waals surface area contributed by atoms with Gasteiger partial charge < -0.3 is 5.32 Å². The van der Waals surface area contributed by atoms with E-state index in [0.717, 1.165) is 12.1 Å². The molecule has 1 aromatic rings. The van der Waals surface area contributed by atoms with Crippen LogP contribution in [-0.4, -0.2) is 12.1 Å². The summed E-state index contributed by atoms with van der Waals surface area (Å²) in [4.78, 5) is 0. The molecule has 0 aliphatic heterocycles. The van der Waals surface area contributed by atoms with Gasteiger partial charge in [-0.05, 0) is 39.8 Å². The fraction of sp³-hybridized carbons (Fsp3) is 0.429. The van der Waals surface area contributed by atoms with Crippen LogP contribution < -0.4 is 5.32 Å². The molecule has 1 nitrogen and oxygen atoms in total. The lowest BCUT2D eigenvalue weighted by Crippen LogP contribution is -2.35. The zero-order valence-electron chi connectivity index (χ0n) is 10.5. The molecule has 0 fully saturated rings. The Balaban J connectivity index is 2.59. The molecule has 0 atom stereocenters. The minimum absolute atomic E-state index is 0.0927. The zero-order chi connectivity index (χ0) is 12.2. The Hall–Kier alpha value is -1.15. The lowest BCUT2D eigenvalue weighted by molar-refractivity contribution is 0.450. The van der Waals surface area contributed by atoms with Crippen LogP contribution in [0, 0.1) is 12.7 Å². The molecule has 0 aliphatic rings. The fourth-order valence-electron chi connectivity index (χ4n) is 1.34. The maximum atomic E-state index is 13.4. The number of aryl methyl sites for hydroxylation is 1. The van der Waals surface area contributed by atoms with Crippen LogP contribution in [0.1, 0.15) is 31.9 Å². The third-order valence-electron chi connectivity index (χ3n) is 2.20. The van der Waals surface area contributed by atoms with E-state index in [1.165, 1.54) is 6.07 Å². The summed E-state index contributed by atoms with van der Waals surface area (Å²) in [6.45, 7) is 9.03. The first-order chi connectivity index (χ1) is 7.38. The second-order valence-corrected chi connectivity index (χ2v) is 5.06. The number of benzene rings is 1. The van der Waals surface area contributed by atoms with E-state index in [-0.39, 0.29) is 11.4 Å². The monoisotopic (exact) mass is 221 g/mol. The summed E-state index contributed by atoms with van der Waals surface area (Å²) in [6.07, 6.45) is 3.77. The van der Waals surface area contributed by atoms with Crippen LogP contribution in [0.5, 0.6) is 0 Å². The molecule has 88 valence electrons. The molecule has 1 aromatic carbocycles. The average Bonchev–Trinajstić information content (AvgIpc) is 2.16. The van der Waals surface area contributed by atoms with Crippen LogP contribution in [0.25, 0.3) is 6.08 Å². The largest absolute Gasteiger partial charge is 0.309 e. The highest BCUT2D eigenvalue weighted by molar-refractivity contribution is 5.51. The van der Waals surface area contributed by atoms with Crippen LogP contribution in [0.4, 0.5) is 4.39 Å². The zero-order valence-corrected chi connectivity index (χ0v) is 10.5. The molecule has 0 bridgehead atoms. The Bertz CT molecular complexity index is 375. The fourth-order valence-corrected chi connectivity index (χ4v) is 1.34. The Labute approximate surface area is 97.4 Å². The van der Waals surface area contributed by atoms with Crippen molar-refractivity contribution in [1.82, 2.24) is 5.32 Å². The van der Waals surface area contributed by atoms with Crippen LogP contribution >= 0.6 is 0 Å². The van der Waals surface area contributed by atoms with Gasteiger partial charge in [0.15, 0.2) is 0 Å². The predicted octanol–water partition coefficient (Wildman–Crippen LogP) is 3.54. The van der Waals surface area contributed by atoms with E-state index in [0.29, 0.717) is 5.56 Å². The summed E-state index contributed by atoms with van der Waals surface area (Å²) in [6, 6.07) is 5.13. The molecular weight excluding hydrogens is 201 g/mol. The molecule has 1 rings (SSSR count). The number of rotatable bonds is 3. The third-order valence-corrected chi connectivity index (χ3v) is 2.20. The summed E-state index contributed by atoms with van der Waals surface area (Å²) in [5.41, 5.74) is 1.82. The minimum Gasteiger partial charge on any atom is -0.309 e. The second kappa shape index (κ2) is 5.26. The van der Waals surface area contributed by atoms with Gasteiger partial charge in [0.1, 0.15) is 5.82 Å². The summed E-state index contributed by atoms with van der Waals surface area (Å²) >= 11 is 0. The number of hydrogen-bond acceptors (Lipinski definition) is 1. The van der Waals surface area contributed by atoms with Crippen molar-refractivity contribution < 1.29 is 4.39 Å². The Morgan fingerprint density at radius 1 is 1.31 bits per heavy atom. The average molecular weight is 221 g/mol. The molecule has 0 radical (unpaired) electrons. The van der Waals surface area contributed by atoms with Gasteiger partial charge in [-0.25, -0.2) is 4.39 Å². The quantitative estimate of drug-likeness (QED) is 0.823. The van der Waals surface area contributed by atoms with Crippen molar-refractivity contribution in [3.05, 3.63) is 41.2 Å². The van der Waals surface area contributed by atoms with Gasteiger partial charge in [-0.1, -0.05) is 23.8 Å². The van der Waals surface area contributed by atoms with Gasteiger partial charge in [0.25, 0.3) is 0 Å². The van der Waals surface area contributed by atoms with Gasteiger partial charge in [-0.15, -0.1) is 0 Å². The van der Waals surface area contributed by atoms with Gasteiger partial charge in [0.05, 0.1) is 0 Å². The van der Waals surface area contributed by atoms with E-state index in [9.17, 15) is 4.39 Å². The third kappa shape index (κ3) is 4.58. The summed E-state index contributed by atoms with van der Waals surface area (Å²) < 4.78 is 13.4. The van der Waals surface area contributed by atoms with Crippen molar-refractivity contribution in [3.8, 4) is 0 Å². The van der Waals surface area contributed by atoms with Crippen molar-refractivity contribution in [1.29, 1.82) is 0 Å². The van der Waals surface area contributed by atoms with Gasteiger partial charge in [0.2, 0.25) is 0 Å². The molecule has 0 spiro atoms. The van der Waals surface area contributed by atoms with E-state index >= 15 is 0 Å². The van der Waals surface area contributed by atoms with E-state index < -0.39 is 0 Å². The topological polar surface area (TPSA) is 12.0 Å². The highest BCUT2D eigenvalue weighted by atomic mass is 19.1. The minimum atomic E-state index is -0.169. The molecule has 0 amide bonds. The molecule has 0 heterocycles. The Kier molecular flexibility index (Phi) is 4.25. The number of hydrogen-bond donors (Lipinski definition) is 1. The smallest absolute Gasteiger partial charge is 0.130 e. The van der Waals surface area contributed by atoms with E-state index in [4.69, 9.17) is 0 Å². The first-order valence-electron chi connectivity index (χ1n) is 5.56. The molecular formula is C14H20FN. The van der Waals surface area contributed by atoms with Crippen molar-refractivity contribution in [3.63, 3.8) is 0 Å². The molecule has 16 heavy (non-hydrogen) atoms. The predicted molar refractivity (Wildman–Crippen MR) is 67.9 cm³/mol. The summed E-state index contributed by atoms with van der Waals surface area (Å²) in [7, 11) is 0. The molecule has 1 N–H and O–H groups in total. The molecule has 2 heteroatoms. The van der Waals surface area contributed by atoms with Crippen LogP contribution in [0.3, 0.4) is 0 Å². The Morgan fingerprint density at radius 2 is 2.00 bits per heavy atom. The van der Waals surface area contributed by atoms with Crippen LogP contribution in [0.2, 0.25) is 0 Å². The van der Waals surface area contributed by atoms with E-state index in [1.54, 1.807) is 6.07 Å². The maximum absolute atomic E-state index is 13.4. The molecule has 0 saturated heterocycles. The lowest BCUT2D eigenvalue weighted by atomic mass is 10.1. The van der Waals surface area contributed by atoms with Gasteiger partial charge in [-0.3, -0.25) is 0 Å². The van der Waals surface area contributed by atoms with E-state index in [2.05, 4.69) is 26.1 Å². The Morgan fingerprint density at radius 3 is 2.62 bits per heavy atom. The van der Waals surface area contributed by atoms with Gasteiger partial charge in [-0.2, -0.15) is 0 Å². The SMILES string of the molecule is Cc1ccc(F)c(/C=C/CNC(C)(C)C)c1. The van der Waals surface area contributed by atoms with Crippen molar-refractivity contribution >= 4 is 6.08 Å². The first-order valence-corrected chi connectivity index (χ1v) is 5.56. The number of halogens is 1. The molecule has 0 aliphatic carbocycles. The highest BCUT2D eigenvalue weighted by Crippen LogP contribution is 2.11. The summed E-state index contributed by atoms with van der Waals surface area (Å²) in [5.74, 6) is -0.169. The molecule has 0 unspecified atom stereocenters. The number of nitrogens with one attached hydrogen (secondary N) is 1. The standard InChI is InChI=1S/C14H20FN/c1-11-7-8-13(15)12(10-11)6-5-9-16-14(2,3)4/h5-8,10,16H,9H2,1-4H3/b6-5+. The van der Waals surface area contributed by atoms with Crippen molar-refractivity contribution in [2.24, 2.45) is 0 Å². The van der Waals surface area contributed by atoms with Gasteiger partial charge in [0, 0.05) is 17.6 Å². The summed E-state index contributed by atoms with van der Waals surface area (Å²) in [5, 5.41) is 3.32. The molecule has 0 aromatic heterocycles. The van der Waals surface area contributed by atoms with Crippen LogP contribution in [0.15, 0.2) is 24.3 Å². The second-order valence-electron chi connectivity index (χ2n) is 5.06. The first kappa shape index (κ1) is 12.9. The lowest BCUT2D eigenvalue weighted by Gasteiger charge is -2.18.